The number of ketones is 1. The molecule has 16 atom stereocenters. The molecule has 0 spiro atoms. The molecule has 1 amide bonds. The van der Waals surface area contributed by atoms with E-state index in [1.165, 1.54) is 12.8 Å². The van der Waals surface area contributed by atoms with Gasteiger partial charge in [0, 0.05) is 23.7 Å². The van der Waals surface area contributed by atoms with Gasteiger partial charge < -0.3 is 57.3 Å². The Balaban J connectivity index is 0.000000187. The molecule has 818 valence electrons. The molecular formula is C114H178N2O27S2. The molecule has 14 aliphatic rings. The van der Waals surface area contributed by atoms with Crippen molar-refractivity contribution in [3.63, 3.8) is 0 Å². The number of ether oxygens (including phenoxy) is 10. The van der Waals surface area contributed by atoms with E-state index < -0.39 is 167 Å². The van der Waals surface area contributed by atoms with Crippen molar-refractivity contribution in [3.8, 4) is 11.8 Å². The fraction of sp³-hybridized carbons (Fsp3) is 0.833. The summed E-state index contributed by atoms with van der Waals surface area (Å²) in [5.41, 5.74) is -6.46. The average Bonchev–Trinajstić information content (AvgIpc) is 1.50. The van der Waals surface area contributed by atoms with E-state index in [0.717, 1.165) is 116 Å². The molecule has 31 heteroatoms. The largest absolute Gasteiger partial charge is 0.462 e. The highest BCUT2D eigenvalue weighted by Gasteiger charge is 2.78. The van der Waals surface area contributed by atoms with Gasteiger partial charge in [-0.05, 0) is 385 Å². The van der Waals surface area contributed by atoms with Crippen LogP contribution >= 0.6 is 0 Å². The topological polar surface area (TPSA) is 424 Å². The van der Waals surface area contributed by atoms with Gasteiger partial charge in [0.2, 0.25) is 5.91 Å². The summed E-state index contributed by atoms with van der Waals surface area (Å²) in [6.45, 7) is 52.2. The Hall–Kier alpha value is -7.75. The summed E-state index contributed by atoms with van der Waals surface area (Å²) >= 11 is 0. The number of benzene rings is 1. The van der Waals surface area contributed by atoms with Crippen LogP contribution < -0.4 is 9.92 Å². The number of hydrogen-bond acceptors (Lipinski definition) is 28. The van der Waals surface area contributed by atoms with Gasteiger partial charge in [-0.25, -0.2) is 8.42 Å². The van der Waals surface area contributed by atoms with Crippen molar-refractivity contribution in [2.24, 2.45) is 107 Å². The molecule has 0 aliphatic heterocycles. The number of fused-ring (bicyclic) bond motifs is 11. The minimum atomic E-state index is -4.12. The summed E-state index contributed by atoms with van der Waals surface area (Å²) in [5.74, 6) is -6.44. The number of nitrogens with two attached hydrogens (primary N) is 1. The van der Waals surface area contributed by atoms with Gasteiger partial charge in [-0.2, -0.15) is 13.7 Å². The lowest BCUT2D eigenvalue weighted by Gasteiger charge is -2.52. The van der Waals surface area contributed by atoms with Crippen LogP contribution in [0.1, 0.15) is 425 Å². The second-order valence-corrected chi connectivity index (χ2v) is 56.4. The Bertz CT molecular complexity index is 5130. The Morgan fingerprint density at radius 3 is 1.37 bits per heavy atom. The van der Waals surface area contributed by atoms with E-state index in [4.69, 9.17) is 57.3 Å². The number of nitriles is 1. The maximum absolute atomic E-state index is 13.9. The van der Waals surface area contributed by atoms with Crippen molar-refractivity contribution >= 4 is 91.3 Å². The number of hydrogen-bond donors (Lipinski definition) is 1. The molecule has 145 heavy (non-hydrogen) atoms. The van der Waals surface area contributed by atoms with Gasteiger partial charge in [0.15, 0.2) is 15.3 Å². The number of carbonyl (C=O) groups excluding carboxylic acids is 12. The first-order chi connectivity index (χ1) is 66.8. The van der Waals surface area contributed by atoms with E-state index in [1.807, 2.05) is 111 Å². The van der Waals surface area contributed by atoms with E-state index in [1.54, 1.807) is 106 Å². The first-order valence-electron chi connectivity index (χ1n) is 54.5. The predicted molar refractivity (Wildman–Crippen MR) is 546 cm³/mol. The second kappa shape index (κ2) is 43.9. The van der Waals surface area contributed by atoms with Gasteiger partial charge >= 0.3 is 69.8 Å². The normalized spacial score (nSPS) is 31.5. The monoisotopic (exact) mass is 2070 g/mol. The number of para-hydroxylation sites is 1. The van der Waals surface area contributed by atoms with Gasteiger partial charge in [0.1, 0.15) is 79.7 Å². The van der Waals surface area contributed by atoms with E-state index in [9.17, 15) is 79.6 Å². The zero-order valence-corrected chi connectivity index (χ0v) is 94.6. The third-order valence-corrected chi connectivity index (χ3v) is 40.9. The number of nitrogens with zero attached hydrogens (tertiary/aromatic N) is 1. The molecule has 0 saturated heterocycles. The number of amides is 1. The number of carbonyl (C=O) groups is 12. The van der Waals surface area contributed by atoms with Crippen LogP contribution in [0.15, 0.2) is 30.3 Å². The van der Waals surface area contributed by atoms with Gasteiger partial charge in [0.05, 0.1) is 61.9 Å². The van der Waals surface area contributed by atoms with Crippen molar-refractivity contribution in [3.05, 3.63) is 30.3 Å². The molecule has 0 radical (unpaired) electrons. The predicted octanol–water partition coefficient (Wildman–Crippen LogP) is 21.4. The highest BCUT2D eigenvalue weighted by molar-refractivity contribution is 7.92. The van der Waals surface area contributed by atoms with Crippen LogP contribution in [-0.2, 0) is 125 Å². The number of Topliss-reactive ketones (excluding diaryl/α,β-unsaturated/α-hetero) is 1. The quantitative estimate of drug-likeness (QED) is 0.0312. The lowest BCUT2D eigenvalue weighted by Crippen LogP contribution is -2.59. The molecule has 10 bridgehead atoms. The molecule has 14 aliphatic carbocycles. The summed E-state index contributed by atoms with van der Waals surface area (Å²) in [4.78, 5) is 154. The number of primary amides is 1. The summed E-state index contributed by atoms with van der Waals surface area (Å²) < 4.78 is 118. The molecule has 14 saturated carbocycles. The molecule has 14 fully saturated rings. The van der Waals surface area contributed by atoms with Crippen LogP contribution in [0, 0.1) is 113 Å². The smallest absolute Gasteiger partial charge is 0.327 e. The first-order valence-corrected chi connectivity index (χ1v) is 57.6. The van der Waals surface area contributed by atoms with Gasteiger partial charge in [-0.1, -0.05) is 92.9 Å². The molecule has 0 heterocycles. The minimum Gasteiger partial charge on any atom is -0.462 e. The summed E-state index contributed by atoms with van der Waals surface area (Å²) in [5, 5.41) is 8.17. The van der Waals surface area contributed by atoms with Crippen LogP contribution in [-0.4, -0.2) is 162 Å². The van der Waals surface area contributed by atoms with Crippen molar-refractivity contribution in [1.82, 2.24) is 0 Å². The van der Waals surface area contributed by atoms with E-state index in [0.29, 0.717) is 83.5 Å². The summed E-state index contributed by atoms with van der Waals surface area (Å²) in [6.07, 6.45) is 24.1. The maximum atomic E-state index is 13.9. The molecule has 2 N–H and O–H groups in total. The standard InChI is InChI=1S/C28H46O7S.C24H34O7S.C22H36O4.C21H33NO5.C19H29NO4/c1-9-25(5,6)23(31)35-28(17-22(30)34-24(2,3)4)15-20-21(29)16-27(28,26(20,7)8)18-36(32,33)19-13-11-10-12-14-19;1-7-24(5,6)22(26)29-18-14-15-13-17(18)19(21(25)30-23(2,3)4)20(15)32(27,28)31-16-11-9-8-10-12-16;1-5-19(3,4)17(23)25-22-14-11-20(12-15-22,13-16-22)18(24)26-21(6-2)9-7-8-10-21;1-5-19(2,3)17(24)26-15-11-14-10-13(15)12-21(14,16(22)23)18(25)27-20(4)8-6-7-9-20;1-7-18(5,6)15(21)23-14-9-13-8-12(14)10-19(13,11-20)16(22)24-17(2,3)4/h19-20H,9-18H2,1-8H3;8-12,15,17-20H,7,13-14H2,1-6H3;5-16H2,1-4H3;13-15H,5-12H2,1-4H3,(H2,22,23);12-14H,7-10H2,1-6H3. The Labute approximate surface area is 865 Å². The fourth-order valence-corrected chi connectivity index (χ4v) is 29.6. The highest BCUT2D eigenvalue weighted by atomic mass is 32.2. The van der Waals surface area contributed by atoms with Gasteiger partial charge in [0.25, 0.3) is 0 Å². The maximum Gasteiger partial charge on any atom is 0.327 e. The van der Waals surface area contributed by atoms with Crippen LogP contribution in [0.4, 0.5) is 0 Å². The zero-order valence-electron chi connectivity index (χ0n) is 92.9. The molecule has 1 aromatic rings. The molecule has 0 aromatic heterocycles. The van der Waals surface area contributed by atoms with Crippen LogP contribution in [0.25, 0.3) is 0 Å². The van der Waals surface area contributed by atoms with Crippen molar-refractivity contribution in [1.29, 1.82) is 5.26 Å². The summed E-state index contributed by atoms with van der Waals surface area (Å²) in [7, 11) is -7.74. The first kappa shape index (κ1) is 119. The Morgan fingerprint density at radius 1 is 0.469 bits per heavy atom. The van der Waals surface area contributed by atoms with E-state index in [-0.39, 0.29) is 125 Å². The molecule has 16 unspecified atom stereocenters. The summed E-state index contributed by atoms with van der Waals surface area (Å²) in [6, 6.07) is 10.5. The Kier molecular flexibility index (Phi) is 36.1. The highest BCUT2D eigenvalue weighted by Crippen LogP contribution is 2.72. The van der Waals surface area contributed by atoms with Gasteiger partial charge in [-0.15, -0.1) is 0 Å². The van der Waals surface area contributed by atoms with Crippen molar-refractivity contribution < 1.29 is 126 Å². The number of sulfone groups is 1. The molecule has 15 rings (SSSR count). The van der Waals surface area contributed by atoms with Crippen LogP contribution in [0.5, 0.6) is 5.75 Å². The van der Waals surface area contributed by atoms with E-state index >= 15 is 0 Å². The third-order valence-electron chi connectivity index (χ3n) is 36.8. The fourth-order valence-electron chi connectivity index (χ4n) is 25.0. The average molecular weight is 2070 g/mol. The number of esters is 10. The van der Waals surface area contributed by atoms with Crippen LogP contribution in [0.2, 0.25) is 0 Å². The molecular weight excluding hydrogens is 1890 g/mol. The molecule has 29 nitrogen and oxygen atoms in total. The lowest BCUT2D eigenvalue weighted by atomic mass is 9.58. The number of rotatable bonds is 31. The van der Waals surface area contributed by atoms with Crippen molar-refractivity contribution in [2.75, 3.05) is 5.75 Å². The van der Waals surface area contributed by atoms with Crippen LogP contribution in [0.3, 0.4) is 0 Å². The second-order valence-electron chi connectivity index (χ2n) is 52.5. The van der Waals surface area contributed by atoms with Gasteiger partial charge in [-0.3, -0.25) is 57.5 Å². The minimum absolute atomic E-state index is 0.00976. The third kappa shape index (κ3) is 25.7. The zero-order chi connectivity index (χ0) is 109. The SMILES string of the molecule is CCC(C)(C)C(=O)OC1(CC(=O)OC(C)(C)C)CC2C(=O)CC1(CS(=O)(=O)C1CCCCC1)C2(C)C.CCC(C)(C)C(=O)OC1CC2CC1C(C(=O)OC(C)(C)C)C2S(=O)(=O)Oc1ccccc1.CCC(C)(C)C(=O)OC1CC2CC1CC2(C#N)C(=O)OC(C)(C)C.CCC(C)(C)C(=O)OC1CC2CC1CC2(C(N)=O)C(=O)OC1(C)CCCC1.CCC1(OC(=O)C23CCC(OC(=O)C(C)(C)CC)(CC2)CC3)CCCC1. The van der Waals surface area contributed by atoms with Crippen molar-refractivity contribution in [2.45, 2.75) is 493 Å². The van der Waals surface area contributed by atoms with E-state index in [2.05, 4.69) is 13.0 Å². The lowest BCUT2D eigenvalue weighted by molar-refractivity contribution is -0.200. The Morgan fingerprint density at radius 2 is 0.931 bits per heavy atom. The molecule has 1 aromatic carbocycles.